The van der Waals surface area contributed by atoms with E-state index in [4.69, 9.17) is 15.5 Å². The molecule has 1 aromatic rings. The van der Waals surface area contributed by atoms with Crippen molar-refractivity contribution in [2.45, 2.75) is 26.4 Å². The standard InChI is InChI=1S/C16H25N3O3/c1-16(2,3)22-21-15(20)13-6-5-12(11-14(13)17)19-9-7-18(4)8-10-19/h5-6,11H,7-10,17H2,1-4H3. The summed E-state index contributed by atoms with van der Waals surface area (Å²) in [5.74, 6) is -0.572. The van der Waals surface area contributed by atoms with E-state index in [-0.39, 0.29) is 0 Å². The molecule has 0 radical (unpaired) electrons. The van der Waals surface area contributed by atoms with Crippen LogP contribution in [0.5, 0.6) is 0 Å². The van der Waals surface area contributed by atoms with Crippen LogP contribution < -0.4 is 10.6 Å². The first-order chi connectivity index (χ1) is 10.3. The molecule has 1 aromatic carbocycles. The van der Waals surface area contributed by atoms with Crippen LogP contribution >= 0.6 is 0 Å². The Balaban J connectivity index is 2.04. The SMILES string of the molecule is CN1CCN(c2ccc(C(=O)OOC(C)(C)C)c(N)c2)CC1. The van der Waals surface area contributed by atoms with E-state index in [0.29, 0.717) is 11.3 Å². The van der Waals surface area contributed by atoms with Crippen molar-refractivity contribution in [2.24, 2.45) is 0 Å². The predicted molar refractivity (Wildman–Crippen MR) is 86.8 cm³/mol. The lowest BCUT2D eigenvalue weighted by Gasteiger charge is -2.34. The van der Waals surface area contributed by atoms with Crippen LogP contribution in [0.2, 0.25) is 0 Å². The molecule has 22 heavy (non-hydrogen) atoms. The van der Waals surface area contributed by atoms with Gasteiger partial charge in [0, 0.05) is 37.6 Å². The van der Waals surface area contributed by atoms with Gasteiger partial charge in [-0.2, -0.15) is 4.89 Å². The Bertz CT molecular complexity index is 532. The fourth-order valence-corrected chi connectivity index (χ4v) is 2.21. The Morgan fingerprint density at radius 1 is 1.18 bits per heavy atom. The number of nitrogen functional groups attached to an aromatic ring is 1. The largest absolute Gasteiger partial charge is 0.398 e. The van der Waals surface area contributed by atoms with Crippen molar-refractivity contribution >= 4 is 17.3 Å². The summed E-state index contributed by atoms with van der Waals surface area (Å²) in [6.07, 6.45) is 0. The van der Waals surface area contributed by atoms with E-state index in [1.54, 1.807) is 26.8 Å². The summed E-state index contributed by atoms with van der Waals surface area (Å²) in [5.41, 5.74) is 7.20. The Morgan fingerprint density at radius 3 is 2.36 bits per heavy atom. The molecule has 6 heteroatoms. The lowest BCUT2D eigenvalue weighted by molar-refractivity contribution is -0.301. The van der Waals surface area contributed by atoms with Gasteiger partial charge in [-0.05, 0) is 46.0 Å². The van der Waals surface area contributed by atoms with E-state index in [1.165, 1.54) is 0 Å². The normalized spacial score (nSPS) is 16.6. The maximum atomic E-state index is 12.0. The number of likely N-dealkylation sites (N-methyl/N-ethyl adjacent to an activating group) is 1. The molecule has 0 bridgehead atoms. The average molecular weight is 307 g/mol. The van der Waals surface area contributed by atoms with Gasteiger partial charge in [0.05, 0.1) is 5.56 Å². The van der Waals surface area contributed by atoms with E-state index < -0.39 is 11.6 Å². The van der Waals surface area contributed by atoms with E-state index in [2.05, 4.69) is 16.8 Å². The molecule has 1 heterocycles. The molecule has 0 amide bonds. The van der Waals surface area contributed by atoms with Gasteiger partial charge in [0.25, 0.3) is 0 Å². The summed E-state index contributed by atoms with van der Waals surface area (Å²) in [6, 6.07) is 5.41. The second-order valence-corrected chi connectivity index (χ2v) is 6.63. The Labute approximate surface area is 131 Å². The summed E-state index contributed by atoms with van der Waals surface area (Å²) >= 11 is 0. The highest BCUT2D eigenvalue weighted by atomic mass is 17.2. The molecule has 0 atom stereocenters. The zero-order chi connectivity index (χ0) is 16.3. The number of rotatable bonds is 3. The number of carbonyl (C=O) groups is 1. The van der Waals surface area contributed by atoms with Crippen molar-refractivity contribution < 1.29 is 14.6 Å². The second-order valence-electron chi connectivity index (χ2n) is 6.63. The van der Waals surface area contributed by atoms with Crippen molar-refractivity contribution in [3.8, 4) is 0 Å². The third kappa shape index (κ3) is 4.35. The molecule has 0 spiro atoms. The average Bonchev–Trinajstić information content (AvgIpc) is 2.44. The zero-order valence-corrected chi connectivity index (χ0v) is 13.8. The van der Waals surface area contributed by atoms with Gasteiger partial charge in [-0.15, -0.1) is 0 Å². The van der Waals surface area contributed by atoms with Crippen LogP contribution in [-0.2, 0) is 9.78 Å². The molecule has 0 aromatic heterocycles. The maximum Gasteiger partial charge on any atom is 0.375 e. The van der Waals surface area contributed by atoms with Gasteiger partial charge in [-0.25, -0.2) is 4.79 Å². The zero-order valence-electron chi connectivity index (χ0n) is 13.8. The molecule has 2 N–H and O–H groups in total. The van der Waals surface area contributed by atoms with Crippen LogP contribution in [0.1, 0.15) is 31.1 Å². The molecule has 0 unspecified atom stereocenters. The molecule has 0 saturated carbocycles. The lowest BCUT2D eigenvalue weighted by Crippen LogP contribution is -2.44. The molecule has 1 aliphatic rings. The van der Waals surface area contributed by atoms with Crippen LogP contribution in [-0.4, -0.2) is 49.7 Å². The van der Waals surface area contributed by atoms with Crippen molar-refractivity contribution in [3.05, 3.63) is 23.8 Å². The van der Waals surface area contributed by atoms with Gasteiger partial charge in [0.15, 0.2) is 0 Å². The summed E-state index contributed by atoms with van der Waals surface area (Å²) in [7, 11) is 2.11. The van der Waals surface area contributed by atoms with Crippen molar-refractivity contribution in [3.63, 3.8) is 0 Å². The van der Waals surface area contributed by atoms with Crippen molar-refractivity contribution in [1.29, 1.82) is 0 Å². The number of carbonyl (C=O) groups excluding carboxylic acids is 1. The molecule has 2 rings (SSSR count). The minimum Gasteiger partial charge on any atom is -0.398 e. The topological polar surface area (TPSA) is 68.0 Å². The first-order valence-corrected chi connectivity index (χ1v) is 7.49. The Hall–Kier alpha value is -1.79. The number of piperazine rings is 1. The van der Waals surface area contributed by atoms with Crippen LogP contribution in [0.25, 0.3) is 0 Å². The highest BCUT2D eigenvalue weighted by Crippen LogP contribution is 2.23. The summed E-state index contributed by atoms with van der Waals surface area (Å²) < 4.78 is 0. The molecule has 1 aliphatic heterocycles. The van der Waals surface area contributed by atoms with E-state index in [1.807, 2.05) is 12.1 Å². The number of benzene rings is 1. The smallest absolute Gasteiger partial charge is 0.375 e. The van der Waals surface area contributed by atoms with Crippen LogP contribution in [0.3, 0.4) is 0 Å². The minimum atomic E-state index is -0.572. The molecule has 6 nitrogen and oxygen atoms in total. The predicted octanol–water partition coefficient (Wildman–Crippen LogP) is 1.91. The van der Waals surface area contributed by atoms with Gasteiger partial charge in [-0.1, -0.05) is 0 Å². The second kappa shape index (κ2) is 6.54. The maximum absolute atomic E-state index is 12.0. The fraction of sp³-hybridized carbons (Fsp3) is 0.562. The monoisotopic (exact) mass is 307 g/mol. The van der Waals surface area contributed by atoms with Gasteiger partial charge >= 0.3 is 5.97 Å². The number of nitrogens with zero attached hydrogens (tertiary/aromatic N) is 2. The first kappa shape index (κ1) is 16.6. The van der Waals surface area contributed by atoms with Gasteiger partial charge < -0.3 is 15.5 Å². The van der Waals surface area contributed by atoms with E-state index >= 15 is 0 Å². The quantitative estimate of drug-likeness (QED) is 0.523. The number of hydrogen-bond donors (Lipinski definition) is 1. The number of hydrogen-bond acceptors (Lipinski definition) is 6. The van der Waals surface area contributed by atoms with Gasteiger partial charge in [0.1, 0.15) is 5.60 Å². The molecular weight excluding hydrogens is 282 g/mol. The number of nitrogens with two attached hydrogens (primary N) is 1. The van der Waals surface area contributed by atoms with Crippen molar-refractivity contribution in [1.82, 2.24) is 4.90 Å². The molecule has 0 aliphatic carbocycles. The Kier molecular flexibility index (Phi) is 4.93. The first-order valence-electron chi connectivity index (χ1n) is 7.49. The summed E-state index contributed by atoms with van der Waals surface area (Å²) in [4.78, 5) is 26.4. The van der Waals surface area contributed by atoms with E-state index in [0.717, 1.165) is 31.9 Å². The van der Waals surface area contributed by atoms with E-state index in [9.17, 15) is 4.79 Å². The third-order valence-electron chi connectivity index (χ3n) is 3.49. The van der Waals surface area contributed by atoms with Gasteiger partial charge in [0.2, 0.25) is 0 Å². The third-order valence-corrected chi connectivity index (χ3v) is 3.49. The van der Waals surface area contributed by atoms with Crippen LogP contribution in [0.4, 0.5) is 11.4 Å². The fourth-order valence-electron chi connectivity index (χ4n) is 2.21. The highest BCUT2D eigenvalue weighted by Gasteiger charge is 2.20. The van der Waals surface area contributed by atoms with Gasteiger partial charge in [-0.3, -0.25) is 4.89 Å². The molecule has 1 fully saturated rings. The van der Waals surface area contributed by atoms with Crippen LogP contribution in [0, 0.1) is 0 Å². The summed E-state index contributed by atoms with van der Waals surface area (Å²) in [6.45, 7) is 9.35. The summed E-state index contributed by atoms with van der Waals surface area (Å²) in [5, 5.41) is 0. The van der Waals surface area contributed by atoms with Crippen LogP contribution in [0.15, 0.2) is 18.2 Å². The van der Waals surface area contributed by atoms with Crippen molar-refractivity contribution in [2.75, 3.05) is 43.9 Å². The number of anilines is 2. The molecule has 122 valence electrons. The highest BCUT2D eigenvalue weighted by molar-refractivity contribution is 5.95. The molecule has 1 saturated heterocycles. The molecular formula is C16H25N3O3. The Morgan fingerprint density at radius 2 is 1.82 bits per heavy atom. The lowest BCUT2D eigenvalue weighted by atomic mass is 10.1. The minimum absolute atomic E-state index is 0.321.